The zero-order valence-corrected chi connectivity index (χ0v) is 36.9. The number of nitrogens with zero attached hydrogens (tertiary/aromatic N) is 2. The SMILES string of the molecule is CC(C)(C)c1ccc(N(c2ccccc2)c2ccc3cc(-c4ccc5c(c4)c4ccccc4n5-c4ccc5c(c4)C(c4ccccc4)(c4ccccc4)c4ccccc4-5)ccc3c2)cc1. The Bertz CT molecular complexity index is 3520. The van der Waals surface area contributed by atoms with E-state index < -0.39 is 5.41 Å². The third kappa shape index (κ3) is 6.24. The van der Waals surface area contributed by atoms with Gasteiger partial charge in [-0.1, -0.05) is 185 Å². The van der Waals surface area contributed by atoms with Crippen LogP contribution in [0.25, 0.3) is 60.5 Å². The predicted octanol–water partition coefficient (Wildman–Crippen LogP) is 16.7. The highest BCUT2D eigenvalue weighted by atomic mass is 15.1. The minimum Gasteiger partial charge on any atom is -0.310 e. The van der Waals surface area contributed by atoms with Crippen LogP contribution in [0.4, 0.5) is 17.1 Å². The number of aromatic nitrogens is 1. The standard InChI is InChI=1S/C63H48N2/c1-62(2,3)47-31-34-51(35-32-47)64(50-21-11-6-12-22-50)52-33-29-44-39-43(27-28-45(44)40-52)46-30-38-61-57(41-46)56-24-14-16-26-60(56)65(61)53-36-37-55-54-23-13-15-25-58(54)63(59(55)42-53,48-17-7-4-8-18-48)49-19-9-5-10-20-49/h4-42H,1-3H3. The molecule has 0 saturated heterocycles. The summed E-state index contributed by atoms with van der Waals surface area (Å²) in [5.41, 5.74) is 18.1. The number of anilines is 3. The summed E-state index contributed by atoms with van der Waals surface area (Å²) in [5, 5.41) is 4.90. The molecule has 2 heteroatoms. The monoisotopic (exact) mass is 832 g/mol. The molecule has 0 fully saturated rings. The summed E-state index contributed by atoms with van der Waals surface area (Å²) in [6.45, 7) is 6.80. The van der Waals surface area contributed by atoms with Crippen molar-refractivity contribution in [3.63, 3.8) is 0 Å². The lowest BCUT2D eigenvalue weighted by atomic mass is 9.67. The molecule has 1 aromatic heterocycles. The van der Waals surface area contributed by atoms with Gasteiger partial charge in [-0.3, -0.25) is 0 Å². The van der Waals surface area contributed by atoms with Gasteiger partial charge in [0.2, 0.25) is 0 Å². The molecular formula is C63H48N2. The largest absolute Gasteiger partial charge is 0.310 e. The van der Waals surface area contributed by atoms with Crippen molar-refractivity contribution in [3.8, 4) is 27.9 Å². The molecular weight excluding hydrogens is 785 g/mol. The number of hydrogen-bond donors (Lipinski definition) is 0. The molecule has 1 aliphatic rings. The predicted molar refractivity (Wildman–Crippen MR) is 274 cm³/mol. The topological polar surface area (TPSA) is 8.17 Å². The minimum absolute atomic E-state index is 0.0908. The first-order chi connectivity index (χ1) is 31.9. The molecule has 0 bridgehead atoms. The maximum Gasteiger partial charge on any atom is 0.0714 e. The van der Waals surface area contributed by atoms with Gasteiger partial charge in [-0.05, 0) is 139 Å². The van der Waals surface area contributed by atoms with Crippen LogP contribution in [0.5, 0.6) is 0 Å². The molecule has 0 spiro atoms. The average molecular weight is 833 g/mol. The van der Waals surface area contributed by atoms with Crippen LogP contribution in [0, 0.1) is 0 Å². The normalized spacial score (nSPS) is 13.0. The molecule has 1 heterocycles. The first-order valence-corrected chi connectivity index (χ1v) is 22.8. The number of benzene rings is 10. The number of hydrogen-bond acceptors (Lipinski definition) is 1. The quantitative estimate of drug-likeness (QED) is 0.155. The van der Waals surface area contributed by atoms with E-state index in [9.17, 15) is 0 Å². The Morgan fingerprint density at radius 3 is 1.68 bits per heavy atom. The van der Waals surface area contributed by atoms with Crippen LogP contribution >= 0.6 is 0 Å². The van der Waals surface area contributed by atoms with Gasteiger partial charge in [0, 0.05) is 33.5 Å². The highest BCUT2D eigenvalue weighted by molar-refractivity contribution is 6.11. The van der Waals surface area contributed by atoms with Gasteiger partial charge in [-0.15, -0.1) is 0 Å². The molecule has 1 aliphatic carbocycles. The van der Waals surface area contributed by atoms with Crippen molar-refractivity contribution in [2.45, 2.75) is 31.6 Å². The van der Waals surface area contributed by atoms with E-state index in [1.807, 2.05) is 0 Å². The van der Waals surface area contributed by atoms with Crippen LogP contribution in [0.3, 0.4) is 0 Å². The van der Waals surface area contributed by atoms with E-state index in [2.05, 4.69) is 267 Å². The third-order valence-corrected chi connectivity index (χ3v) is 13.8. The molecule has 0 aliphatic heterocycles. The van der Waals surface area contributed by atoms with Crippen LogP contribution in [-0.2, 0) is 10.8 Å². The molecule has 0 unspecified atom stereocenters. The molecule has 0 radical (unpaired) electrons. The Morgan fingerprint density at radius 2 is 0.938 bits per heavy atom. The van der Waals surface area contributed by atoms with Gasteiger partial charge in [0.05, 0.1) is 16.4 Å². The first-order valence-electron chi connectivity index (χ1n) is 22.8. The molecule has 0 N–H and O–H groups in total. The lowest BCUT2D eigenvalue weighted by Crippen LogP contribution is -2.28. The van der Waals surface area contributed by atoms with Crippen molar-refractivity contribution in [1.82, 2.24) is 4.57 Å². The Labute approximate surface area is 381 Å². The van der Waals surface area contributed by atoms with Crippen LogP contribution in [-0.4, -0.2) is 4.57 Å². The van der Waals surface area contributed by atoms with E-state index in [0.717, 1.165) is 22.7 Å². The van der Waals surface area contributed by atoms with Gasteiger partial charge < -0.3 is 9.47 Å². The van der Waals surface area contributed by atoms with E-state index >= 15 is 0 Å². The zero-order valence-electron chi connectivity index (χ0n) is 36.9. The fraction of sp³-hybridized carbons (Fsp3) is 0.0794. The second-order valence-electron chi connectivity index (χ2n) is 18.6. The second kappa shape index (κ2) is 15.1. The second-order valence-corrected chi connectivity index (χ2v) is 18.6. The van der Waals surface area contributed by atoms with Crippen molar-refractivity contribution in [2.75, 3.05) is 4.90 Å². The Kier molecular flexibility index (Phi) is 9.00. The number of para-hydroxylation sites is 2. The molecule has 65 heavy (non-hydrogen) atoms. The smallest absolute Gasteiger partial charge is 0.0714 e. The summed E-state index contributed by atoms with van der Waals surface area (Å²) < 4.78 is 2.47. The van der Waals surface area contributed by atoms with Crippen LogP contribution in [0.15, 0.2) is 237 Å². The van der Waals surface area contributed by atoms with Gasteiger partial charge >= 0.3 is 0 Å². The van der Waals surface area contributed by atoms with Crippen molar-refractivity contribution < 1.29 is 0 Å². The fourth-order valence-electron chi connectivity index (χ4n) is 10.7. The summed E-state index contributed by atoms with van der Waals surface area (Å²) in [6, 6.07) is 87.6. The number of rotatable bonds is 7. The summed E-state index contributed by atoms with van der Waals surface area (Å²) in [6.07, 6.45) is 0. The van der Waals surface area contributed by atoms with Crippen molar-refractivity contribution in [1.29, 1.82) is 0 Å². The number of fused-ring (bicyclic) bond motifs is 7. The Hall–Kier alpha value is -7.94. The van der Waals surface area contributed by atoms with E-state index in [1.165, 1.54) is 82.6 Å². The first kappa shape index (κ1) is 38.7. The molecule has 0 atom stereocenters. The molecule has 2 nitrogen and oxygen atoms in total. The van der Waals surface area contributed by atoms with Gasteiger partial charge in [-0.2, -0.15) is 0 Å². The van der Waals surface area contributed by atoms with Crippen LogP contribution in [0.1, 0.15) is 48.6 Å². The van der Waals surface area contributed by atoms with E-state index in [1.54, 1.807) is 0 Å². The van der Waals surface area contributed by atoms with Gasteiger partial charge in [0.1, 0.15) is 0 Å². The van der Waals surface area contributed by atoms with Crippen molar-refractivity contribution >= 4 is 49.6 Å². The summed E-state index contributed by atoms with van der Waals surface area (Å²) in [5.74, 6) is 0. The molecule has 0 saturated carbocycles. The summed E-state index contributed by atoms with van der Waals surface area (Å²) >= 11 is 0. The Balaban J connectivity index is 0.962. The van der Waals surface area contributed by atoms with Gasteiger partial charge in [0.25, 0.3) is 0 Å². The highest BCUT2D eigenvalue weighted by Crippen LogP contribution is 2.56. The summed E-state index contributed by atoms with van der Waals surface area (Å²) in [4.78, 5) is 2.35. The average Bonchev–Trinajstić information content (AvgIpc) is 3.85. The van der Waals surface area contributed by atoms with Gasteiger partial charge in [-0.25, -0.2) is 0 Å². The van der Waals surface area contributed by atoms with Gasteiger partial charge in [0.15, 0.2) is 0 Å². The molecule has 12 rings (SSSR count). The van der Waals surface area contributed by atoms with E-state index in [-0.39, 0.29) is 5.41 Å². The van der Waals surface area contributed by atoms with E-state index in [4.69, 9.17) is 0 Å². The maximum absolute atomic E-state index is 2.47. The van der Waals surface area contributed by atoms with Crippen LogP contribution < -0.4 is 4.90 Å². The fourth-order valence-corrected chi connectivity index (χ4v) is 10.7. The third-order valence-electron chi connectivity index (χ3n) is 13.8. The zero-order chi connectivity index (χ0) is 43.7. The van der Waals surface area contributed by atoms with Crippen molar-refractivity contribution in [2.24, 2.45) is 0 Å². The van der Waals surface area contributed by atoms with Crippen molar-refractivity contribution in [3.05, 3.63) is 264 Å². The summed E-state index contributed by atoms with van der Waals surface area (Å²) in [7, 11) is 0. The minimum atomic E-state index is -0.467. The molecule has 310 valence electrons. The van der Waals surface area contributed by atoms with Crippen LogP contribution in [0.2, 0.25) is 0 Å². The highest BCUT2D eigenvalue weighted by Gasteiger charge is 2.46. The lowest BCUT2D eigenvalue weighted by molar-refractivity contribution is 0.590. The van der Waals surface area contributed by atoms with E-state index in [0.29, 0.717) is 0 Å². The maximum atomic E-state index is 2.47. The Morgan fingerprint density at radius 1 is 0.385 bits per heavy atom. The lowest BCUT2D eigenvalue weighted by Gasteiger charge is -2.34. The molecule has 10 aromatic carbocycles. The molecule has 0 amide bonds. The molecule has 11 aromatic rings.